The first-order chi connectivity index (χ1) is 4.12. The second kappa shape index (κ2) is 8.72. The van der Waals surface area contributed by atoms with Crippen molar-refractivity contribution < 1.29 is 16.9 Å². The zero-order valence-electron chi connectivity index (χ0n) is 7.31. The zero-order valence-corrected chi connectivity index (χ0v) is 12.0. The van der Waals surface area contributed by atoms with Gasteiger partial charge in [-0.3, -0.25) is 0 Å². The number of hydrogen-bond acceptors (Lipinski definition) is 0. The van der Waals surface area contributed by atoms with E-state index in [4.69, 9.17) is 0 Å². The van der Waals surface area contributed by atoms with Crippen LogP contribution in [0.2, 0.25) is 0 Å². The van der Waals surface area contributed by atoms with Gasteiger partial charge < -0.3 is 16.9 Å². The summed E-state index contributed by atoms with van der Waals surface area (Å²) in [4.78, 5) is 0. The quantitative estimate of drug-likeness (QED) is 0.379. The fraction of sp³-hybridized carbons (Fsp3) is 0.500. The fourth-order valence-corrected chi connectivity index (χ4v) is 0.774. The molecule has 0 saturated carbocycles. The van der Waals surface area contributed by atoms with E-state index >= 15 is 0 Å². The predicted octanol–water partition coefficient (Wildman–Crippen LogP) is -2.48. The van der Waals surface area contributed by atoms with Crippen molar-refractivity contribution in [3.8, 4) is 0 Å². The first-order valence-electron chi connectivity index (χ1n) is 3.16. The summed E-state index contributed by atoms with van der Waals surface area (Å²) in [5, 5.41) is 0. The van der Waals surface area contributed by atoms with E-state index in [1.165, 1.54) is 0 Å². The second-order valence-electron chi connectivity index (χ2n) is 2.88. The molecule has 0 fully saturated rings. The summed E-state index contributed by atoms with van der Waals surface area (Å²) in [6, 6.07) is 0. The average molecular weight is 373 g/mol. The predicted molar refractivity (Wildman–Crippen MR) is 50.8 cm³/mol. The fourth-order valence-electron chi connectivity index (χ4n) is 0.774. The van der Waals surface area contributed by atoms with Crippen molar-refractivity contribution in [1.29, 1.82) is 0 Å². The third-order valence-corrected chi connectivity index (χ3v) is 1.25. The van der Waals surface area contributed by atoms with Crippen LogP contribution in [-0.4, -0.2) is 58.2 Å². The van der Waals surface area contributed by atoms with Gasteiger partial charge >= 0.3 is 26.6 Å². The number of likely N-dealkylation sites (N-methyl/N-ethyl adjacent to an activating group) is 1. The van der Waals surface area contributed by atoms with Crippen molar-refractivity contribution in [3.05, 3.63) is 25.3 Å². The van der Waals surface area contributed by atoms with Gasteiger partial charge in [0, 0.05) is 0 Å². The molecule has 0 rings (SSSR count). The van der Waals surface area contributed by atoms with Crippen LogP contribution in [0.4, 0.5) is 0 Å². The van der Waals surface area contributed by atoms with Crippen LogP contribution < -0.4 is 12.4 Å². The summed E-state index contributed by atoms with van der Waals surface area (Å²) >= 11 is 0. The van der Waals surface area contributed by atoms with Gasteiger partial charge in [-0.25, -0.2) is 0 Å². The van der Waals surface area contributed by atoms with Crippen LogP contribution in [-0.2, 0) is 0 Å². The van der Waals surface area contributed by atoms with Crippen LogP contribution in [0.15, 0.2) is 25.3 Å². The van der Waals surface area contributed by atoms with Gasteiger partial charge in [-0.1, -0.05) is 13.2 Å². The van der Waals surface area contributed by atoms with Crippen LogP contribution in [0.5, 0.6) is 0 Å². The minimum absolute atomic E-state index is 0. The van der Waals surface area contributed by atoms with Crippen molar-refractivity contribution in [2.45, 2.75) is 0 Å². The third kappa shape index (κ3) is 10.6. The molecule has 0 aliphatic heterocycles. The Morgan fingerprint density at radius 2 is 1.36 bits per heavy atom. The van der Waals surface area contributed by atoms with E-state index in [0.717, 1.165) is 17.6 Å². The molecule has 0 aliphatic carbocycles. The van der Waals surface area contributed by atoms with Crippen LogP contribution in [0.3, 0.4) is 0 Å². The average Bonchev–Trinajstić information content (AvgIpc) is 1.64. The van der Waals surface area contributed by atoms with Gasteiger partial charge in [0.25, 0.3) is 0 Å². The molecule has 0 heterocycles. The van der Waals surface area contributed by atoms with E-state index in [1.54, 1.807) is 0 Å². The minimum atomic E-state index is 0. The van der Waals surface area contributed by atoms with E-state index < -0.39 is 0 Å². The number of halogens is 1. The van der Waals surface area contributed by atoms with Crippen molar-refractivity contribution in [2.24, 2.45) is 0 Å². The molecular weight excluding hydrogens is 355 g/mol. The molecule has 0 amide bonds. The third-order valence-electron chi connectivity index (χ3n) is 1.25. The Bertz CT molecular complexity index is 101. The molecule has 0 aliphatic rings. The van der Waals surface area contributed by atoms with Gasteiger partial charge in [-0.15, -0.1) is 0 Å². The topological polar surface area (TPSA) is 0 Å². The Labute approximate surface area is 95.6 Å². The molecule has 0 aromatic rings. The Balaban J connectivity index is -0.000000320. The molecule has 0 aromatic heterocycles. The normalized spacial score (nSPS) is 8.91. The summed E-state index contributed by atoms with van der Waals surface area (Å²) in [6.07, 6.45) is 3.87. The van der Waals surface area contributed by atoms with Gasteiger partial charge in [0.05, 0.1) is 27.2 Å². The molecule has 0 aromatic carbocycles. The van der Waals surface area contributed by atoms with Gasteiger partial charge in [0.2, 0.25) is 0 Å². The van der Waals surface area contributed by atoms with Crippen molar-refractivity contribution in [3.63, 3.8) is 0 Å². The Hall–Kier alpha value is 0.626. The van der Waals surface area contributed by atoms with E-state index in [1.807, 2.05) is 12.2 Å². The van der Waals surface area contributed by atoms with Crippen LogP contribution in [0.25, 0.3) is 0 Å². The van der Waals surface area contributed by atoms with Crippen molar-refractivity contribution in [2.75, 3.05) is 27.2 Å². The van der Waals surface area contributed by atoms with Crippen LogP contribution in [0.1, 0.15) is 0 Å². The molecule has 0 unspecified atom stereocenters. The maximum absolute atomic E-state index is 3.68. The molecule has 1 nitrogen and oxygen atoms in total. The molecule has 0 saturated heterocycles. The van der Waals surface area contributed by atoms with Crippen LogP contribution >= 0.6 is 0 Å². The molecule has 0 atom stereocenters. The molecule has 0 N–H and O–H groups in total. The van der Waals surface area contributed by atoms with E-state index in [2.05, 4.69) is 27.3 Å². The Morgan fingerprint density at radius 3 is 1.55 bits per heavy atom. The van der Waals surface area contributed by atoms with E-state index in [0.29, 0.717) is 0 Å². The van der Waals surface area contributed by atoms with Crippen LogP contribution in [0, 0.1) is 0 Å². The summed E-state index contributed by atoms with van der Waals surface area (Å²) in [7, 11) is 4.31. The molecule has 68 valence electrons. The Morgan fingerprint density at radius 1 is 1.09 bits per heavy atom. The summed E-state index contributed by atoms with van der Waals surface area (Å²) in [5.41, 5.74) is 0. The molecule has 3 heteroatoms. The monoisotopic (exact) mass is 372 g/mol. The van der Waals surface area contributed by atoms with E-state index in [-0.39, 0.29) is 39.0 Å². The Kier molecular flexibility index (Phi) is 14.0. The standard InChI is InChI=1S/C8H16N.ClH.Po.2H/c1-5-7-9(3,4)8-6-2;;;;/h5-6H,1-2,7-8H2,3-4H3;1H;;;/q+1;;;;/p-1. The van der Waals surface area contributed by atoms with Crippen molar-refractivity contribution >= 4 is 26.6 Å². The van der Waals surface area contributed by atoms with Gasteiger partial charge in [0.1, 0.15) is 0 Å². The molecule has 0 spiro atoms. The van der Waals surface area contributed by atoms with Gasteiger partial charge in [-0.05, 0) is 12.2 Å². The second-order valence-corrected chi connectivity index (χ2v) is 2.88. The molecule has 11 heavy (non-hydrogen) atoms. The zero-order chi connectivity index (χ0) is 7.33. The molecular formula is C8H18ClNPo. The summed E-state index contributed by atoms with van der Waals surface area (Å²) in [6.45, 7) is 9.37. The molecule has 0 radical (unpaired) electrons. The summed E-state index contributed by atoms with van der Waals surface area (Å²) < 4.78 is 0.951. The summed E-state index contributed by atoms with van der Waals surface area (Å²) in [5.74, 6) is 0. The van der Waals surface area contributed by atoms with Gasteiger partial charge in [0.15, 0.2) is 0 Å². The van der Waals surface area contributed by atoms with E-state index in [9.17, 15) is 0 Å². The van der Waals surface area contributed by atoms with Gasteiger partial charge in [-0.2, -0.15) is 0 Å². The first kappa shape index (κ1) is 17.6. The maximum atomic E-state index is 3.68. The van der Waals surface area contributed by atoms with Crippen molar-refractivity contribution in [1.82, 2.24) is 0 Å². The number of rotatable bonds is 4. The number of hydrogen-bond donors (Lipinski definition) is 0. The number of nitrogens with zero attached hydrogens (tertiary/aromatic N) is 1. The first-order valence-corrected chi connectivity index (χ1v) is 3.16. The SMILES string of the molecule is C=CC[N+](C)(C)CC=C.[Cl-].[PoH2]. The molecule has 0 bridgehead atoms. The number of quaternary nitrogens is 1.